The number of benzene rings is 2. The van der Waals surface area contributed by atoms with Gasteiger partial charge < -0.3 is 20.5 Å². The number of amides is 2. The Labute approximate surface area is 170 Å². The van der Waals surface area contributed by atoms with Gasteiger partial charge in [0, 0.05) is 5.69 Å². The molecule has 3 rings (SSSR count). The first-order chi connectivity index (χ1) is 13.9. The molecular formula is C20H18FN3O4S. The molecule has 2 aromatic rings. The SMILES string of the molecule is CCOc1cc(/C=C2\SC(N)=NC2=O)ccc1OCC(=O)Nc1ccc(F)cc1. The second kappa shape index (κ2) is 9.24. The van der Waals surface area contributed by atoms with E-state index in [1.807, 2.05) is 6.92 Å². The van der Waals surface area contributed by atoms with Crippen LogP contribution >= 0.6 is 11.8 Å². The van der Waals surface area contributed by atoms with Gasteiger partial charge in [0.2, 0.25) is 0 Å². The molecule has 2 aromatic carbocycles. The van der Waals surface area contributed by atoms with E-state index in [4.69, 9.17) is 15.2 Å². The maximum absolute atomic E-state index is 12.9. The molecular weight excluding hydrogens is 397 g/mol. The van der Waals surface area contributed by atoms with E-state index in [1.54, 1.807) is 24.3 Å². The molecule has 0 bridgehead atoms. The first-order valence-electron chi connectivity index (χ1n) is 8.67. The largest absolute Gasteiger partial charge is 0.490 e. The number of thioether (sulfide) groups is 1. The normalized spacial score (nSPS) is 14.6. The highest BCUT2D eigenvalue weighted by atomic mass is 32.2. The molecule has 29 heavy (non-hydrogen) atoms. The lowest BCUT2D eigenvalue weighted by atomic mass is 10.2. The fraction of sp³-hybridized carbons (Fsp3) is 0.150. The average Bonchev–Trinajstić information content (AvgIpc) is 3.00. The summed E-state index contributed by atoms with van der Waals surface area (Å²) in [7, 11) is 0. The Bertz CT molecular complexity index is 990. The van der Waals surface area contributed by atoms with Crippen LogP contribution in [0.3, 0.4) is 0 Å². The lowest BCUT2D eigenvalue weighted by Crippen LogP contribution is -2.20. The number of aliphatic imine (C=N–C) groups is 1. The fourth-order valence-corrected chi connectivity index (χ4v) is 3.13. The number of rotatable bonds is 7. The molecule has 0 fully saturated rings. The van der Waals surface area contributed by atoms with Gasteiger partial charge in [0.15, 0.2) is 23.3 Å². The van der Waals surface area contributed by atoms with Gasteiger partial charge in [0.25, 0.3) is 11.8 Å². The molecule has 3 N–H and O–H groups in total. The van der Waals surface area contributed by atoms with E-state index in [9.17, 15) is 14.0 Å². The zero-order valence-electron chi connectivity index (χ0n) is 15.5. The van der Waals surface area contributed by atoms with Gasteiger partial charge in [-0.15, -0.1) is 0 Å². The quantitative estimate of drug-likeness (QED) is 0.674. The van der Waals surface area contributed by atoms with Gasteiger partial charge in [-0.3, -0.25) is 9.59 Å². The highest BCUT2D eigenvalue weighted by molar-refractivity contribution is 8.18. The number of nitrogens with zero attached hydrogens (tertiary/aromatic N) is 1. The second-order valence-corrected chi connectivity index (χ2v) is 6.91. The van der Waals surface area contributed by atoms with Crippen molar-refractivity contribution in [1.29, 1.82) is 0 Å². The molecule has 150 valence electrons. The van der Waals surface area contributed by atoms with Crippen LogP contribution in [-0.2, 0) is 9.59 Å². The van der Waals surface area contributed by atoms with Gasteiger partial charge in [-0.2, -0.15) is 4.99 Å². The summed E-state index contributed by atoms with van der Waals surface area (Å²) in [5.41, 5.74) is 6.72. The Balaban J connectivity index is 1.67. The third-order valence-corrected chi connectivity index (χ3v) is 4.50. The first kappa shape index (κ1) is 20.4. The van der Waals surface area contributed by atoms with Crippen LogP contribution in [0.15, 0.2) is 52.4 Å². The lowest BCUT2D eigenvalue weighted by molar-refractivity contribution is -0.118. The van der Waals surface area contributed by atoms with E-state index in [2.05, 4.69) is 10.3 Å². The third kappa shape index (κ3) is 5.58. The van der Waals surface area contributed by atoms with Crippen LogP contribution < -0.4 is 20.5 Å². The fourth-order valence-electron chi connectivity index (χ4n) is 2.45. The Morgan fingerprint density at radius 3 is 2.62 bits per heavy atom. The molecule has 0 spiro atoms. The van der Waals surface area contributed by atoms with Crippen molar-refractivity contribution in [2.75, 3.05) is 18.5 Å². The van der Waals surface area contributed by atoms with Gasteiger partial charge in [0.1, 0.15) is 5.82 Å². The topological polar surface area (TPSA) is 103 Å². The van der Waals surface area contributed by atoms with Crippen LogP contribution in [0.4, 0.5) is 10.1 Å². The van der Waals surface area contributed by atoms with Crippen LogP contribution in [0.5, 0.6) is 11.5 Å². The highest BCUT2D eigenvalue weighted by Crippen LogP contribution is 2.32. The van der Waals surface area contributed by atoms with E-state index in [1.165, 1.54) is 24.3 Å². The number of anilines is 1. The van der Waals surface area contributed by atoms with Crippen molar-refractivity contribution in [2.45, 2.75) is 6.92 Å². The molecule has 0 radical (unpaired) electrons. The van der Waals surface area contributed by atoms with Gasteiger partial charge >= 0.3 is 0 Å². The summed E-state index contributed by atoms with van der Waals surface area (Å²) >= 11 is 1.10. The minimum Gasteiger partial charge on any atom is -0.490 e. The van der Waals surface area contributed by atoms with Gasteiger partial charge in [0.05, 0.1) is 11.5 Å². The van der Waals surface area contributed by atoms with Crippen molar-refractivity contribution < 1.29 is 23.5 Å². The van der Waals surface area contributed by atoms with Gasteiger partial charge in [-0.25, -0.2) is 4.39 Å². The smallest absolute Gasteiger partial charge is 0.286 e. The number of hydrogen-bond donors (Lipinski definition) is 2. The van der Waals surface area contributed by atoms with E-state index in [0.717, 1.165) is 11.8 Å². The predicted octanol–water partition coefficient (Wildman–Crippen LogP) is 3.17. The van der Waals surface area contributed by atoms with Crippen molar-refractivity contribution in [2.24, 2.45) is 10.7 Å². The number of nitrogens with one attached hydrogen (secondary N) is 1. The number of halogens is 1. The summed E-state index contributed by atoms with van der Waals surface area (Å²) in [5.74, 6) is -0.359. The number of hydrogen-bond acceptors (Lipinski definition) is 6. The molecule has 2 amide bonds. The standard InChI is InChI=1S/C20H18FN3O4S/c1-2-27-16-9-12(10-17-19(26)24-20(22)29-17)3-8-15(16)28-11-18(25)23-14-6-4-13(21)5-7-14/h3-10H,2,11H2,1H3,(H,23,25)(H2,22,24,26)/b17-10-. The molecule has 9 heteroatoms. The van der Waals surface area contributed by atoms with Crippen molar-refractivity contribution in [3.8, 4) is 11.5 Å². The minimum absolute atomic E-state index is 0.207. The molecule has 0 aromatic heterocycles. The molecule has 1 heterocycles. The van der Waals surface area contributed by atoms with Crippen LogP contribution in [0.25, 0.3) is 6.08 Å². The molecule has 1 aliphatic rings. The zero-order chi connectivity index (χ0) is 20.8. The van der Waals surface area contributed by atoms with E-state index >= 15 is 0 Å². The van der Waals surface area contributed by atoms with Crippen molar-refractivity contribution in [1.82, 2.24) is 0 Å². The molecule has 0 unspecified atom stereocenters. The van der Waals surface area contributed by atoms with E-state index in [0.29, 0.717) is 34.3 Å². The zero-order valence-corrected chi connectivity index (χ0v) is 16.3. The van der Waals surface area contributed by atoms with Gasteiger partial charge in [-0.05, 0) is 66.7 Å². The molecule has 7 nitrogen and oxygen atoms in total. The summed E-state index contributed by atoms with van der Waals surface area (Å²) < 4.78 is 24.1. The summed E-state index contributed by atoms with van der Waals surface area (Å²) in [6, 6.07) is 10.5. The number of nitrogens with two attached hydrogens (primary N) is 1. The van der Waals surface area contributed by atoms with E-state index in [-0.39, 0.29) is 23.5 Å². The number of carbonyl (C=O) groups is 2. The second-order valence-electron chi connectivity index (χ2n) is 5.85. The van der Waals surface area contributed by atoms with E-state index < -0.39 is 5.91 Å². The summed E-state index contributed by atoms with van der Waals surface area (Å²) in [4.78, 5) is 27.9. The predicted molar refractivity (Wildman–Crippen MR) is 110 cm³/mol. The summed E-state index contributed by atoms with van der Waals surface area (Å²) in [5, 5.41) is 2.82. The average molecular weight is 415 g/mol. The minimum atomic E-state index is -0.397. The maximum Gasteiger partial charge on any atom is 0.286 e. The van der Waals surface area contributed by atoms with Gasteiger partial charge in [-0.1, -0.05) is 6.07 Å². The van der Waals surface area contributed by atoms with Crippen molar-refractivity contribution in [3.05, 3.63) is 58.8 Å². The monoisotopic (exact) mass is 415 g/mol. The number of amidine groups is 1. The Morgan fingerprint density at radius 2 is 1.97 bits per heavy atom. The Kier molecular flexibility index (Phi) is 6.50. The summed E-state index contributed by atoms with van der Waals surface area (Å²) in [6.07, 6.45) is 1.66. The molecule has 0 saturated carbocycles. The summed E-state index contributed by atoms with van der Waals surface area (Å²) in [6.45, 7) is 1.96. The first-order valence-corrected chi connectivity index (χ1v) is 9.49. The van der Waals surface area contributed by atoms with Crippen LogP contribution in [0.1, 0.15) is 12.5 Å². The Morgan fingerprint density at radius 1 is 1.21 bits per heavy atom. The van der Waals surface area contributed by atoms with Crippen LogP contribution in [0.2, 0.25) is 0 Å². The highest BCUT2D eigenvalue weighted by Gasteiger charge is 2.19. The molecule has 0 atom stereocenters. The lowest BCUT2D eigenvalue weighted by Gasteiger charge is -2.13. The van der Waals surface area contributed by atoms with Crippen molar-refractivity contribution in [3.63, 3.8) is 0 Å². The molecule has 0 aliphatic carbocycles. The Hall–Kier alpha value is -3.33. The maximum atomic E-state index is 12.9. The molecule has 0 saturated heterocycles. The number of carbonyl (C=O) groups excluding carboxylic acids is 2. The van der Waals surface area contributed by atoms with Crippen LogP contribution in [-0.4, -0.2) is 30.2 Å². The molecule has 1 aliphatic heterocycles. The third-order valence-electron chi connectivity index (χ3n) is 3.69. The van der Waals surface area contributed by atoms with Crippen LogP contribution in [0, 0.1) is 5.82 Å². The van der Waals surface area contributed by atoms with Crippen molar-refractivity contribution >= 4 is 40.5 Å². The number of ether oxygens (including phenoxy) is 2.